The van der Waals surface area contributed by atoms with Gasteiger partial charge < -0.3 is 15.1 Å². The van der Waals surface area contributed by atoms with Gasteiger partial charge in [0.2, 0.25) is 0 Å². The molecule has 0 aliphatic carbocycles. The Morgan fingerprint density at radius 2 is 1.91 bits per heavy atom. The molecule has 0 aromatic heterocycles. The van der Waals surface area contributed by atoms with Crippen molar-refractivity contribution in [3.8, 4) is 0 Å². The van der Waals surface area contributed by atoms with E-state index >= 15 is 0 Å². The summed E-state index contributed by atoms with van der Waals surface area (Å²) in [6.07, 6.45) is -5.38. The van der Waals surface area contributed by atoms with E-state index in [-0.39, 0.29) is 5.69 Å². The van der Waals surface area contributed by atoms with Crippen LogP contribution < -0.4 is 5.32 Å². The maximum absolute atomic E-state index is 13.1. The molecule has 0 spiro atoms. The molecule has 7 nitrogen and oxygen atoms in total. The number of nitrogens with one attached hydrogen (secondary N) is 1. The average Bonchev–Trinajstić information content (AvgIpc) is 2.41. The number of benzene rings is 1. The second-order valence-corrected chi connectivity index (χ2v) is 7.35. The fourth-order valence-electron chi connectivity index (χ4n) is 1.66. The molecule has 12 heteroatoms. The summed E-state index contributed by atoms with van der Waals surface area (Å²) < 4.78 is 50.3. The highest BCUT2D eigenvalue weighted by Gasteiger charge is 2.67. The third-order valence-electron chi connectivity index (χ3n) is 3.07. The van der Waals surface area contributed by atoms with Crippen molar-refractivity contribution >= 4 is 24.9 Å². The summed E-state index contributed by atoms with van der Waals surface area (Å²) in [5, 5.41) is 13.3. The first-order valence-corrected chi connectivity index (χ1v) is 8.16. The Hall–Kier alpha value is -1.35. The number of halogens is 4. The van der Waals surface area contributed by atoms with Crippen LogP contribution in [0, 0.1) is 10.1 Å². The van der Waals surface area contributed by atoms with Crippen LogP contribution in [0.2, 0.25) is 0 Å². The van der Waals surface area contributed by atoms with Crippen LogP contribution in [0.5, 0.6) is 0 Å². The molecule has 0 saturated carbocycles. The number of nitrogens with zero attached hydrogens (tertiary/aromatic N) is 1. The lowest BCUT2D eigenvalue weighted by Gasteiger charge is -2.24. The van der Waals surface area contributed by atoms with E-state index in [9.17, 15) is 27.9 Å². The molecule has 3 N–H and O–H groups in total. The summed E-state index contributed by atoms with van der Waals surface area (Å²) in [6, 6.07) is 4.38. The van der Waals surface area contributed by atoms with Crippen molar-refractivity contribution in [2.45, 2.75) is 23.8 Å². The Morgan fingerprint density at radius 3 is 2.35 bits per heavy atom. The normalized spacial score (nSPS) is 16.5. The molecule has 1 aromatic rings. The van der Waals surface area contributed by atoms with Gasteiger partial charge in [-0.1, -0.05) is 12.1 Å². The fraction of sp³-hybridized carbons (Fsp3) is 0.455. The van der Waals surface area contributed by atoms with E-state index in [4.69, 9.17) is 21.4 Å². The van der Waals surface area contributed by atoms with Gasteiger partial charge >= 0.3 is 18.8 Å². The quantitative estimate of drug-likeness (QED) is 0.231. The zero-order chi connectivity index (χ0) is 18.1. The minimum Gasteiger partial charge on any atom is -0.384 e. The fourth-order valence-corrected chi connectivity index (χ4v) is 2.15. The van der Waals surface area contributed by atoms with Gasteiger partial charge in [-0.2, -0.15) is 13.2 Å². The summed E-state index contributed by atoms with van der Waals surface area (Å²) >= 11 is 5.27. The van der Waals surface area contributed by atoms with Crippen molar-refractivity contribution in [3.05, 3.63) is 39.9 Å². The predicted molar refractivity (Wildman–Crippen MR) is 77.0 cm³/mol. The molecule has 0 saturated heterocycles. The van der Waals surface area contributed by atoms with Crippen molar-refractivity contribution in [3.63, 3.8) is 0 Å². The van der Waals surface area contributed by atoms with E-state index in [1.165, 1.54) is 13.0 Å². The maximum atomic E-state index is 13.1. The third kappa shape index (κ3) is 4.14. The van der Waals surface area contributed by atoms with Crippen molar-refractivity contribution in [2.24, 2.45) is 0 Å². The minimum absolute atomic E-state index is 0.336. The topological polar surface area (TPSA) is 113 Å². The smallest absolute Gasteiger partial charge is 0.384 e. The summed E-state index contributed by atoms with van der Waals surface area (Å²) in [5.74, 6) is 0. The van der Waals surface area contributed by atoms with E-state index in [0.29, 0.717) is 0 Å². The molecule has 0 radical (unpaired) electrons. The number of hydrogen-bond donors (Lipinski definition) is 3. The van der Waals surface area contributed by atoms with Crippen molar-refractivity contribution in [2.75, 3.05) is 11.9 Å². The lowest BCUT2D eigenvalue weighted by molar-refractivity contribution is -0.592. The van der Waals surface area contributed by atoms with Crippen LogP contribution in [0.3, 0.4) is 0 Å². The van der Waals surface area contributed by atoms with E-state index < -0.39 is 41.5 Å². The van der Waals surface area contributed by atoms with Crippen LogP contribution in [0.4, 0.5) is 18.9 Å². The number of para-hydroxylation sites is 1. The van der Waals surface area contributed by atoms with Gasteiger partial charge in [0, 0.05) is 12.2 Å². The van der Waals surface area contributed by atoms with Crippen LogP contribution in [0.1, 0.15) is 12.5 Å². The largest absolute Gasteiger partial charge is 0.481 e. The highest BCUT2D eigenvalue weighted by Crippen LogP contribution is 2.48. The Kier molecular flexibility index (Phi) is 5.69. The molecular weight excluding hydrogens is 364 g/mol. The van der Waals surface area contributed by atoms with Gasteiger partial charge in [-0.05, 0) is 30.7 Å². The molecule has 23 heavy (non-hydrogen) atoms. The summed E-state index contributed by atoms with van der Waals surface area (Å²) in [6.45, 7) is 0.783. The highest BCUT2D eigenvalue weighted by atomic mass is 35.5. The van der Waals surface area contributed by atoms with Crippen LogP contribution in [0.25, 0.3) is 0 Å². The molecular formula is C11H13ClF3N2O5P. The lowest BCUT2D eigenvalue weighted by atomic mass is 10.0. The zero-order valence-electron chi connectivity index (χ0n) is 11.6. The van der Waals surface area contributed by atoms with Gasteiger partial charge in [0.25, 0.3) is 0 Å². The first-order valence-electron chi connectivity index (χ1n) is 6.10. The van der Waals surface area contributed by atoms with Gasteiger partial charge in [0.05, 0.1) is 16.1 Å². The Bertz CT molecular complexity index is 638. The van der Waals surface area contributed by atoms with E-state index in [1.807, 2.05) is 0 Å². The second kappa shape index (κ2) is 6.64. The highest BCUT2D eigenvalue weighted by molar-refractivity contribution is 7.52. The SMILES string of the molecule is CC(CNc1ccccc1C(Cl)([N+](=O)[O-])C(F)(F)F)P(=O)(O)O. The van der Waals surface area contributed by atoms with Gasteiger partial charge in [-0.15, -0.1) is 0 Å². The predicted octanol–water partition coefficient (Wildman–Crippen LogP) is 2.90. The molecule has 0 fully saturated rings. The number of anilines is 1. The van der Waals surface area contributed by atoms with Crippen molar-refractivity contribution in [1.29, 1.82) is 0 Å². The number of alkyl halides is 4. The van der Waals surface area contributed by atoms with Crippen molar-refractivity contribution in [1.82, 2.24) is 0 Å². The average molecular weight is 377 g/mol. The summed E-state index contributed by atoms with van der Waals surface area (Å²) in [4.78, 5) is 23.3. The van der Waals surface area contributed by atoms with Crippen LogP contribution in [-0.4, -0.2) is 33.1 Å². The first-order chi connectivity index (χ1) is 10.3. The van der Waals surface area contributed by atoms with E-state index in [1.54, 1.807) is 0 Å². The van der Waals surface area contributed by atoms with E-state index in [0.717, 1.165) is 18.2 Å². The number of nitro groups is 1. The molecule has 130 valence electrons. The molecule has 2 unspecified atom stereocenters. The summed E-state index contributed by atoms with van der Waals surface area (Å²) in [5.41, 5.74) is -2.41. The molecule has 1 rings (SSSR count). The standard InChI is InChI=1S/C11H13ClF3N2O5P/c1-7(23(20,21)22)6-16-9-5-3-2-4-8(9)10(12,17(18)19)11(13,14)15/h2-5,7,16H,6H2,1H3,(H2,20,21,22). The monoisotopic (exact) mass is 376 g/mol. The van der Waals surface area contributed by atoms with Gasteiger partial charge in [0.1, 0.15) is 0 Å². The molecule has 0 amide bonds. The molecule has 0 heterocycles. The van der Waals surface area contributed by atoms with Gasteiger partial charge in [-0.25, -0.2) is 0 Å². The van der Waals surface area contributed by atoms with Crippen LogP contribution in [0.15, 0.2) is 24.3 Å². The van der Waals surface area contributed by atoms with E-state index in [2.05, 4.69) is 5.32 Å². The first kappa shape index (κ1) is 19.7. The van der Waals surface area contributed by atoms with Crippen LogP contribution >= 0.6 is 19.2 Å². The Morgan fingerprint density at radius 1 is 1.39 bits per heavy atom. The van der Waals surface area contributed by atoms with Gasteiger partial charge in [0.15, 0.2) is 0 Å². The molecule has 0 bridgehead atoms. The maximum Gasteiger partial charge on any atom is 0.481 e. The molecule has 0 aliphatic heterocycles. The zero-order valence-corrected chi connectivity index (χ0v) is 13.3. The van der Waals surface area contributed by atoms with Crippen molar-refractivity contribution < 1.29 is 32.4 Å². The second-order valence-electron chi connectivity index (χ2n) is 4.74. The summed E-state index contributed by atoms with van der Waals surface area (Å²) in [7, 11) is -4.45. The number of hydrogen-bond acceptors (Lipinski definition) is 4. The molecule has 0 aliphatic rings. The Labute approximate surface area is 133 Å². The number of rotatable bonds is 6. The third-order valence-corrected chi connectivity index (χ3v) is 4.96. The molecule has 2 atom stereocenters. The molecule has 1 aromatic carbocycles. The van der Waals surface area contributed by atoms with Crippen LogP contribution in [-0.2, 0) is 9.56 Å². The van der Waals surface area contributed by atoms with Gasteiger partial charge in [-0.3, -0.25) is 14.7 Å². The minimum atomic E-state index is -5.38. The Balaban J connectivity index is 3.25. The lowest BCUT2D eigenvalue weighted by Crippen LogP contribution is -2.44.